The molecule has 0 bridgehead atoms. The predicted molar refractivity (Wildman–Crippen MR) is 69.0 cm³/mol. The number of methoxy groups -OCH3 is 1. The first kappa shape index (κ1) is 12.9. The molecule has 1 saturated carbocycles. The van der Waals surface area contributed by atoms with E-state index in [9.17, 15) is 4.79 Å². The summed E-state index contributed by atoms with van der Waals surface area (Å²) in [4.78, 5) is 11.1. The van der Waals surface area contributed by atoms with E-state index in [1.165, 1.54) is 32.8 Å². The fraction of sp³-hybridized carbons (Fsp3) is 0.500. The van der Waals surface area contributed by atoms with Crippen LogP contribution in [-0.2, 0) is 6.54 Å². The van der Waals surface area contributed by atoms with Gasteiger partial charge in [0.15, 0.2) is 0 Å². The summed E-state index contributed by atoms with van der Waals surface area (Å²) < 4.78 is 5.04. The maximum atomic E-state index is 11.1. The van der Waals surface area contributed by atoms with Crippen LogP contribution in [0.25, 0.3) is 0 Å². The first-order valence-electron chi connectivity index (χ1n) is 6.34. The highest BCUT2D eigenvalue weighted by Gasteiger charge is 2.15. The lowest BCUT2D eigenvalue weighted by Crippen LogP contribution is -2.25. The minimum absolute atomic E-state index is 0.225. The third-order valence-electron chi connectivity index (χ3n) is 3.44. The maximum Gasteiger partial charge on any atom is 0.339 e. The molecule has 4 nitrogen and oxygen atoms in total. The van der Waals surface area contributed by atoms with Crippen molar-refractivity contribution >= 4 is 5.97 Å². The van der Waals surface area contributed by atoms with Gasteiger partial charge in [-0.15, -0.1) is 0 Å². The molecule has 0 spiro atoms. The lowest BCUT2D eigenvalue weighted by atomic mass is 10.1. The van der Waals surface area contributed by atoms with Crippen LogP contribution in [0.2, 0.25) is 0 Å². The molecule has 0 aromatic heterocycles. The molecule has 0 atom stereocenters. The average Bonchev–Trinajstić information content (AvgIpc) is 2.89. The fourth-order valence-corrected chi connectivity index (χ4v) is 2.42. The molecule has 1 aromatic carbocycles. The highest BCUT2D eigenvalue weighted by molar-refractivity contribution is 5.91. The van der Waals surface area contributed by atoms with Crippen molar-refractivity contribution in [3.63, 3.8) is 0 Å². The molecule has 0 amide bonds. The Bertz CT molecular complexity index is 425. The highest BCUT2D eigenvalue weighted by Crippen LogP contribution is 2.21. The number of hydrogen-bond donors (Lipinski definition) is 2. The summed E-state index contributed by atoms with van der Waals surface area (Å²) in [5, 5.41) is 12.6. The Morgan fingerprint density at radius 1 is 1.44 bits per heavy atom. The number of rotatable bonds is 5. The van der Waals surface area contributed by atoms with Gasteiger partial charge in [0, 0.05) is 12.6 Å². The lowest BCUT2D eigenvalue weighted by Gasteiger charge is -2.13. The predicted octanol–water partition coefficient (Wildman–Crippen LogP) is 2.43. The number of benzene rings is 1. The van der Waals surface area contributed by atoms with Gasteiger partial charge in [0.05, 0.1) is 7.11 Å². The van der Waals surface area contributed by atoms with Gasteiger partial charge in [-0.2, -0.15) is 0 Å². The van der Waals surface area contributed by atoms with Crippen molar-refractivity contribution in [1.82, 2.24) is 5.32 Å². The number of hydrogen-bond acceptors (Lipinski definition) is 3. The van der Waals surface area contributed by atoms with Crippen LogP contribution in [0.5, 0.6) is 5.75 Å². The van der Waals surface area contributed by atoms with Crippen LogP contribution in [0.1, 0.15) is 41.6 Å². The second kappa shape index (κ2) is 5.87. The molecule has 0 saturated heterocycles. The molecule has 0 radical (unpaired) electrons. The van der Waals surface area contributed by atoms with Gasteiger partial charge in [0.1, 0.15) is 11.3 Å². The Morgan fingerprint density at radius 3 is 2.78 bits per heavy atom. The zero-order chi connectivity index (χ0) is 13.0. The molecule has 2 rings (SSSR count). The molecular weight excluding hydrogens is 230 g/mol. The van der Waals surface area contributed by atoms with Gasteiger partial charge in [0.2, 0.25) is 0 Å². The quantitative estimate of drug-likeness (QED) is 0.841. The number of carboxylic acids is 1. The van der Waals surface area contributed by atoms with Crippen LogP contribution in [0.4, 0.5) is 0 Å². The van der Waals surface area contributed by atoms with Crippen LogP contribution in [-0.4, -0.2) is 24.2 Å². The van der Waals surface area contributed by atoms with E-state index < -0.39 is 5.97 Å². The van der Waals surface area contributed by atoms with E-state index in [1.807, 2.05) is 6.07 Å². The number of aromatic carboxylic acids is 1. The Labute approximate surface area is 107 Å². The van der Waals surface area contributed by atoms with E-state index >= 15 is 0 Å². The summed E-state index contributed by atoms with van der Waals surface area (Å²) >= 11 is 0. The Morgan fingerprint density at radius 2 is 2.17 bits per heavy atom. The van der Waals surface area contributed by atoms with Crippen LogP contribution in [0.15, 0.2) is 18.2 Å². The minimum atomic E-state index is -0.949. The summed E-state index contributed by atoms with van der Waals surface area (Å²) in [6, 6.07) is 5.89. The number of ether oxygens (including phenoxy) is 1. The zero-order valence-electron chi connectivity index (χ0n) is 10.6. The molecule has 1 aliphatic carbocycles. The number of nitrogens with one attached hydrogen (secondary N) is 1. The second-order valence-electron chi connectivity index (χ2n) is 4.70. The molecule has 2 N–H and O–H groups in total. The summed E-state index contributed by atoms with van der Waals surface area (Å²) in [5.41, 5.74) is 1.21. The first-order chi connectivity index (χ1) is 8.70. The number of carboxylic acid groups (broad SMARTS) is 1. The van der Waals surface area contributed by atoms with E-state index in [0.29, 0.717) is 11.8 Å². The van der Waals surface area contributed by atoms with Gasteiger partial charge in [-0.05, 0) is 30.5 Å². The SMILES string of the molecule is COc1ccc(CNC2CCCC2)cc1C(=O)O. The summed E-state index contributed by atoms with van der Waals surface area (Å²) in [5.74, 6) is -0.540. The van der Waals surface area contributed by atoms with Gasteiger partial charge in [0.25, 0.3) is 0 Å². The van der Waals surface area contributed by atoms with E-state index in [4.69, 9.17) is 9.84 Å². The monoisotopic (exact) mass is 249 g/mol. The maximum absolute atomic E-state index is 11.1. The van der Waals surface area contributed by atoms with Gasteiger partial charge in [-0.25, -0.2) is 4.79 Å². The van der Waals surface area contributed by atoms with E-state index in [2.05, 4.69) is 5.32 Å². The van der Waals surface area contributed by atoms with Crippen molar-refractivity contribution in [2.45, 2.75) is 38.3 Å². The zero-order valence-corrected chi connectivity index (χ0v) is 10.6. The molecule has 4 heteroatoms. The van der Waals surface area contributed by atoms with Gasteiger partial charge < -0.3 is 15.2 Å². The Kier molecular flexibility index (Phi) is 4.20. The van der Waals surface area contributed by atoms with Crippen molar-refractivity contribution in [2.24, 2.45) is 0 Å². The van der Waals surface area contributed by atoms with E-state index in [-0.39, 0.29) is 5.56 Å². The third kappa shape index (κ3) is 3.01. The Hall–Kier alpha value is -1.55. The van der Waals surface area contributed by atoms with E-state index in [1.54, 1.807) is 12.1 Å². The molecule has 0 heterocycles. The Balaban J connectivity index is 2.04. The standard InChI is InChI=1S/C14H19NO3/c1-18-13-7-6-10(8-12(13)14(16)17)9-15-11-4-2-3-5-11/h6-8,11,15H,2-5,9H2,1H3,(H,16,17). The van der Waals surface area contributed by atoms with Crippen LogP contribution in [0, 0.1) is 0 Å². The molecule has 18 heavy (non-hydrogen) atoms. The summed E-state index contributed by atoms with van der Waals surface area (Å²) in [6.45, 7) is 0.717. The molecular formula is C14H19NO3. The topological polar surface area (TPSA) is 58.6 Å². The van der Waals surface area contributed by atoms with Crippen molar-refractivity contribution in [3.8, 4) is 5.75 Å². The molecule has 1 aliphatic rings. The van der Waals surface area contributed by atoms with Crippen LogP contribution in [0.3, 0.4) is 0 Å². The molecule has 1 aromatic rings. The van der Waals surface area contributed by atoms with E-state index in [0.717, 1.165) is 12.1 Å². The van der Waals surface area contributed by atoms with Gasteiger partial charge >= 0.3 is 5.97 Å². The van der Waals surface area contributed by atoms with Crippen LogP contribution < -0.4 is 10.1 Å². The van der Waals surface area contributed by atoms with Gasteiger partial charge in [-0.1, -0.05) is 18.9 Å². The summed E-state index contributed by atoms with van der Waals surface area (Å²) in [6.07, 6.45) is 5.03. The largest absolute Gasteiger partial charge is 0.496 e. The van der Waals surface area contributed by atoms with Crippen molar-refractivity contribution in [2.75, 3.05) is 7.11 Å². The molecule has 0 aliphatic heterocycles. The van der Waals surface area contributed by atoms with Crippen molar-refractivity contribution in [3.05, 3.63) is 29.3 Å². The number of carbonyl (C=O) groups is 1. The fourth-order valence-electron chi connectivity index (χ4n) is 2.42. The highest BCUT2D eigenvalue weighted by atomic mass is 16.5. The summed E-state index contributed by atoms with van der Waals surface area (Å²) in [7, 11) is 1.48. The van der Waals surface area contributed by atoms with Crippen molar-refractivity contribution < 1.29 is 14.6 Å². The molecule has 0 unspecified atom stereocenters. The molecule has 1 fully saturated rings. The first-order valence-corrected chi connectivity index (χ1v) is 6.34. The van der Waals surface area contributed by atoms with Crippen molar-refractivity contribution in [1.29, 1.82) is 0 Å². The normalized spacial score (nSPS) is 15.8. The average molecular weight is 249 g/mol. The third-order valence-corrected chi connectivity index (χ3v) is 3.44. The minimum Gasteiger partial charge on any atom is -0.496 e. The smallest absolute Gasteiger partial charge is 0.339 e. The second-order valence-corrected chi connectivity index (χ2v) is 4.70. The van der Waals surface area contributed by atoms with Gasteiger partial charge in [-0.3, -0.25) is 0 Å². The molecule has 98 valence electrons. The van der Waals surface area contributed by atoms with Crippen LogP contribution >= 0.6 is 0 Å². The lowest BCUT2D eigenvalue weighted by molar-refractivity contribution is 0.0693.